The van der Waals surface area contributed by atoms with Crippen LogP contribution in [0.4, 0.5) is 0 Å². The number of aromatic amines is 1. The fraction of sp³-hybridized carbons (Fsp3) is 0.500. The Morgan fingerprint density at radius 1 is 1.15 bits per heavy atom. The minimum atomic E-state index is -0.359. The van der Waals surface area contributed by atoms with Crippen molar-refractivity contribution in [3.8, 4) is 0 Å². The van der Waals surface area contributed by atoms with Crippen molar-refractivity contribution in [2.75, 3.05) is 0 Å². The van der Waals surface area contributed by atoms with Crippen LogP contribution in [0.25, 0.3) is 10.2 Å². The molecule has 0 spiro atoms. The minimum Gasteiger partial charge on any atom is -0.399 e. The van der Waals surface area contributed by atoms with Crippen LogP contribution < -0.4 is 5.46 Å². The molecular formula is C14H18BNO2S2. The van der Waals surface area contributed by atoms with E-state index in [1.165, 1.54) is 5.56 Å². The molecule has 1 N–H and O–H groups in total. The smallest absolute Gasteiger partial charge is 0.399 e. The van der Waals surface area contributed by atoms with Crippen molar-refractivity contribution in [3.63, 3.8) is 0 Å². The zero-order valence-corrected chi connectivity index (χ0v) is 14.0. The second-order valence-corrected chi connectivity index (χ2v) is 8.05. The van der Waals surface area contributed by atoms with E-state index in [1.54, 1.807) is 11.3 Å². The molecule has 0 atom stereocenters. The standard InChI is InChI=1S/C14H18BNO2S2/c1-8-6-9(11-10(7-8)20-12(19)16-11)15-17-13(2,3)14(4,5)18-15/h6-7H,1-5H3,(H,16,19). The van der Waals surface area contributed by atoms with Gasteiger partial charge < -0.3 is 14.3 Å². The van der Waals surface area contributed by atoms with Crippen molar-refractivity contribution in [3.05, 3.63) is 21.7 Å². The number of nitrogens with one attached hydrogen (secondary N) is 1. The summed E-state index contributed by atoms with van der Waals surface area (Å²) in [6.07, 6.45) is 0. The van der Waals surface area contributed by atoms with Gasteiger partial charge in [-0.1, -0.05) is 6.07 Å². The van der Waals surface area contributed by atoms with E-state index < -0.39 is 0 Å². The highest BCUT2D eigenvalue weighted by atomic mass is 32.1. The Balaban J connectivity index is 2.14. The molecule has 3 rings (SSSR count). The molecule has 2 aromatic rings. The first-order chi connectivity index (χ1) is 9.19. The van der Waals surface area contributed by atoms with Gasteiger partial charge in [0, 0.05) is 5.46 Å². The fourth-order valence-corrected chi connectivity index (χ4v) is 3.62. The summed E-state index contributed by atoms with van der Waals surface area (Å²) in [6, 6.07) is 4.25. The topological polar surface area (TPSA) is 34.2 Å². The van der Waals surface area contributed by atoms with E-state index >= 15 is 0 Å². The maximum Gasteiger partial charge on any atom is 0.497 e. The number of rotatable bonds is 1. The first-order valence-electron chi connectivity index (χ1n) is 6.69. The molecule has 3 nitrogen and oxygen atoms in total. The van der Waals surface area contributed by atoms with Gasteiger partial charge in [-0.2, -0.15) is 0 Å². The van der Waals surface area contributed by atoms with Crippen molar-refractivity contribution in [1.82, 2.24) is 4.98 Å². The van der Waals surface area contributed by atoms with Gasteiger partial charge in [-0.15, -0.1) is 11.3 Å². The summed E-state index contributed by atoms with van der Waals surface area (Å²) in [7, 11) is -0.359. The maximum atomic E-state index is 6.15. The molecule has 0 bridgehead atoms. The molecule has 1 saturated heterocycles. The zero-order chi connectivity index (χ0) is 14.7. The monoisotopic (exact) mass is 307 g/mol. The number of aromatic nitrogens is 1. The molecule has 6 heteroatoms. The average Bonchev–Trinajstić information content (AvgIpc) is 2.75. The lowest BCUT2D eigenvalue weighted by Gasteiger charge is -2.32. The number of hydrogen-bond acceptors (Lipinski definition) is 4. The Morgan fingerprint density at radius 3 is 2.35 bits per heavy atom. The van der Waals surface area contributed by atoms with Gasteiger partial charge in [-0.05, 0) is 58.5 Å². The largest absolute Gasteiger partial charge is 0.497 e. The quantitative estimate of drug-likeness (QED) is 0.646. The fourth-order valence-electron chi connectivity index (χ4n) is 2.38. The van der Waals surface area contributed by atoms with E-state index in [9.17, 15) is 0 Å². The number of hydrogen-bond donors (Lipinski definition) is 1. The Bertz CT molecular complexity index is 716. The normalized spacial score (nSPS) is 20.8. The van der Waals surface area contributed by atoms with Crippen molar-refractivity contribution >= 4 is 46.4 Å². The molecule has 0 radical (unpaired) electrons. The Morgan fingerprint density at radius 2 is 1.75 bits per heavy atom. The highest BCUT2D eigenvalue weighted by Gasteiger charge is 2.52. The van der Waals surface area contributed by atoms with Gasteiger partial charge in [-0.3, -0.25) is 0 Å². The molecule has 1 aromatic carbocycles. The predicted molar refractivity (Wildman–Crippen MR) is 87.5 cm³/mol. The van der Waals surface area contributed by atoms with Crippen LogP contribution in [0.5, 0.6) is 0 Å². The van der Waals surface area contributed by atoms with Gasteiger partial charge >= 0.3 is 7.12 Å². The molecule has 0 saturated carbocycles. The molecule has 2 heterocycles. The lowest BCUT2D eigenvalue weighted by atomic mass is 9.77. The van der Waals surface area contributed by atoms with Gasteiger partial charge in [0.05, 0.1) is 21.4 Å². The van der Waals surface area contributed by atoms with Gasteiger partial charge in [0.2, 0.25) is 0 Å². The third kappa shape index (κ3) is 2.15. The molecular weight excluding hydrogens is 289 g/mol. The van der Waals surface area contributed by atoms with Crippen molar-refractivity contribution in [2.45, 2.75) is 45.8 Å². The van der Waals surface area contributed by atoms with Crippen molar-refractivity contribution in [1.29, 1.82) is 0 Å². The van der Waals surface area contributed by atoms with Crippen LogP contribution in [0, 0.1) is 10.9 Å². The third-order valence-electron chi connectivity index (χ3n) is 4.21. The minimum absolute atomic E-state index is 0.333. The molecule has 106 valence electrons. The Hall–Kier alpha value is -0.685. The lowest BCUT2D eigenvalue weighted by molar-refractivity contribution is 0.00578. The Labute approximate surface area is 128 Å². The van der Waals surface area contributed by atoms with E-state index in [0.717, 1.165) is 19.6 Å². The van der Waals surface area contributed by atoms with Crippen molar-refractivity contribution in [2.24, 2.45) is 0 Å². The number of fused-ring (bicyclic) bond motifs is 1. The SMILES string of the molecule is Cc1cc(B2OC(C)(C)C(C)(C)O2)c2[nH]c(=S)sc2c1. The average molecular weight is 307 g/mol. The van der Waals surface area contributed by atoms with Crippen LogP contribution in [0.2, 0.25) is 0 Å². The maximum absolute atomic E-state index is 6.15. The summed E-state index contributed by atoms with van der Waals surface area (Å²) in [6.45, 7) is 10.3. The van der Waals surface area contributed by atoms with Crippen molar-refractivity contribution < 1.29 is 9.31 Å². The zero-order valence-electron chi connectivity index (χ0n) is 12.4. The van der Waals surface area contributed by atoms with Crippen LogP contribution >= 0.6 is 23.6 Å². The van der Waals surface area contributed by atoms with Gasteiger partial charge in [0.15, 0.2) is 3.95 Å². The first-order valence-corrected chi connectivity index (χ1v) is 7.91. The van der Waals surface area contributed by atoms with Gasteiger partial charge in [0.1, 0.15) is 0 Å². The second-order valence-electron chi connectivity index (χ2n) is 6.33. The van der Waals surface area contributed by atoms with E-state index in [4.69, 9.17) is 21.5 Å². The third-order valence-corrected chi connectivity index (χ3v) is 5.40. The molecule has 1 aromatic heterocycles. The highest BCUT2D eigenvalue weighted by molar-refractivity contribution is 7.73. The Kier molecular flexibility index (Phi) is 3.14. The lowest BCUT2D eigenvalue weighted by Crippen LogP contribution is -2.41. The van der Waals surface area contributed by atoms with Crippen LogP contribution in [0.3, 0.4) is 0 Å². The summed E-state index contributed by atoms with van der Waals surface area (Å²) in [5, 5.41) is 0. The summed E-state index contributed by atoms with van der Waals surface area (Å²) < 4.78 is 14.2. The predicted octanol–water partition coefficient (Wildman–Crippen LogP) is 3.57. The summed E-state index contributed by atoms with van der Waals surface area (Å²) in [5.74, 6) is 0. The first kappa shape index (κ1) is 14.3. The van der Waals surface area contributed by atoms with Gasteiger partial charge in [-0.25, -0.2) is 0 Å². The number of thiazole rings is 1. The van der Waals surface area contributed by atoms with E-state index in [0.29, 0.717) is 0 Å². The second kappa shape index (κ2) is 4.40. The molecule has 1 aliphatic heterocycles. The number of aryl methyl sites for hydroxylation is 1. The van der Waals surface area contributed by atoms with Crippen LogP contribution in [-0.2, 0) is 9.31 Å². The van der Waals surface area contributed by atoms with Crippen LogP contribution in [0.15, 0.2) is 12.1 Å². The van der Waals surface area contributed by atoms with Gasteiger partial charge in [0.25, 0.3) is 0 Å². The number of benzene rings is 1. The molecule has 0 aliphatic carbocycles. The molecule has 0 amide bonds. The molecule has 20 heavy (non-hydrogen) atoms. The molecule has 1 fully saturated rings. The molecule has 1 aliphatic rings. The summed E-state index contributed by atoms with van der Waals surface area (Å²) >= 11 is 6.85. The number of H-pyrrole nitrogens is 1. The van der Waals surface area contributed by atoms with E-state index in [2.05, 4.69) is 51.7 Å². The summed E-state index contributed by atoms with van der Waals surface area (Å²) in [4.78, 5) is 3.26. The van der Waals surface area contributed by atoms with E-state index in [-0.39, 0.29) is 18.3 Å². The molecule has 0 unspecified atom stereocenters. The van der Waals surface area contributed by atoms with Crippen LogP contribution in [-0.4, -0.2) is 23.3 Å². The van der Waals surface area contributed by atoms with E-state index in [1.807, 2.05) is 0 Å². The summed E-state index contributed by atoms with van der Waals surface area (Å²) in [5.41, 5.74) is 2.59. The van der Waals surface area contributed by atoms with Crippen LogP contribution in [0.1, 0.15) is 33.3 Å². The highest BCUT2D eigenvalue weighted by Crippen LogP contribution is 2.37.